The number of morpholine rings is 1. The molecule has 2 aliphatic carbocycles. The van der Waals surface area contributed by atoms with Crippen molar-refractivity contribution in [3.8, 4) is 0 Å². The van der Waals surface area contributed by atoms with Gasteiger partial charge in [0, 0.05) is 53.9 Å². The Kier molecular flexibility index (Phi) is 8.06. The van der Waals surface area contributed by atoms with Crippen molar-refractivity contribution in [1.82, 2.24) is 10.2 Å². The van der Waals surface area contributed by atoms with Crippen LogP contribution in [0.2, 0.25) is 0 Å². The zero-order chi connectivity index (χ0) is 26.3. The Morgan fingerprint density at radius 3 is 2.89 bits per heavy atom. The van der Waals surface area contributed by atoms with Crippen molar-refractivity contribution < 1.29 is 9.53 Å². The van der Waals surface area contributed by atoms with Gasteiger partial charge < -0.3 is 26.5 Å². The van der Waals surface area contributed by atoms with Gasteiger partial charge >= 0.3 is 0 Å². The Labute approximate surface area is 222 Å². The van der Waals surface area contributed by atoms with Gasteiger partial charge in [-0.1, -0.05) is 48.6 Å². The van der Waals surface area contributed by atoms with Crippen LogP contribution < -0.4 is 16.4 Å². The van der Waals surface area contributed by atoms with Crippen molar-refractivity contribution in [3.05, 3.63) is 89.2 Å². The van der Waals surface area contributed by atoms with E-state index in [2.05, 4.69) is 39.8 Å². The van der Waals surface area contributed by atoms with Crippen molar-refractivity contribution in [2.24, 2.45) is 15.7 Å². The first-order chi connectivity index (χ1) is 18.6. The number of fused-ring (bicyclic) bond motifs is 1. The van der Waals surface area contributed by atoms with Gasteiger partial charge in [0.2, 0.25) is 5.91 Å². The normalized spacial score (nSPS) is 23.4. The molecule has 9 nitrogen and oxygen atoms in total. The van der Waals surface area contributed by atoms with Gasteiger partial charge in [-0.15, -0.1) is 0 Å². The fourth-order valence-electron chi connectivity index (χ4n) is 4.82. The second-order valence-corrected chi connectivity index (χ2v) is 9.50. The van der Waals surface area contributed by atoms with E-state index < -0.39 is 0 Å². The fourth-order valence-corrected chi connectivity index (χ4v) is 4.82. The molecule has 1 aromatic rings. The van der Waals surface area contributed by atoms with Crippen LogP contribution in [0.25, 0.3) is 0 Å². The number of carbonyl (C=O) groups excluding carboxylic acids is 1. The van der Waals surface area contributed by atoms with Crippen LogP contribution in [0.5, 0.6) is 0 Å². The zero-order valence-electron chi connectivity index (χ0n) is 21.3. The Bertz CT molecular complexity index is 1300. The second kappa shape index (κ2) is 12.0. The summed E-state index contributed by atoms with van der Waals surface area (Å²) >= 11 is 0. The third kappa shape index (κ3) is 6.07. The van der Waals surface area contributed by atoms with Gasteiger partial charge in [0.25, 0.3) is 0 Å². The van der Waals surface area contributed by atoms with Gasteiger partial charge in [-0.3, -0.25) is 14.7 Å². The number of carbonyl (C=O) groups is 1. The van der Waals surface area contributed by atoms with Gasteiger partial charge in [0.1, 0.15) is 5.84 Å². The van der Waals surface area contributed by atoms with E-state index in [1.165, 1.54) is 12.4 Å². The monoisotopic (exact) mass is 511 g/mol. The predicted molar refractivity (Wildman–Crippen MR) is 152 cm³/mol. The number of amidine groups is 2. The average molecular weight is 512 g/mol. The summed E-state index contributed by atoms with van der Waals surface area (Å²) in [5, 5.41) is 14.1. The molecule has 5 rings (SSSR count). The molecule has 1 aromatic carbocycles. The Balaban J connectivity index is 1.31. The van der Waals surface area contributed by atoms with E-state index in [1.54, 1.807) is 0 Å². The predicted octanol–water partition coefficient (Wildman–Crippen LogP) is 2.71. The number of nitrogens with one attached hydrogen (secondary N) is 3. The highest BCUT2D eigenvalue weighted by Crippen LogP contribution is 2.25. The molecular weight excluding hydrogens is 478 g/mol. The molecule has 0 saturated carbocycles. The smallest absolute Gasteiger partial charge is 0.238 e. The van der Waals surface area contributed by atoms with Crippen LogP contribution in [0.3, 0.4) is 0 Å². The fraction of sp³-hybridized carbons (Fsp3) is 0.310. The maximum absolute atomic E-state index is 12.6. The molecule has 1 fully saturated rings. The number of rotatable bonds is 7. The number of aliphatic imine (C=N–C) groups is 2. The van der Waals surface area contributed by atoms with E-state index in [0.29, 0.717) is 31.2 Å². The van der Waals surface area contributed by atoms with Crippen molar-refractivity contribution >= 4 is 29.5 Å². The number of hydrogen-bond acceptors (Lipinski definition) is 8. The van der Waals surface area contributed by atoms with Gasteiger partial charge in [0.15, 0.2) is 5.84 Å². The van der Waals surface area contributed by atoms with Crippen LogP contribution in [0.15, 0.2) is 93.6 Å². The molecule has 2 aliphatic heterocycles. The summed E-state index contributed by atoms with van der Waals surface area (Å²) < 4.78 is 5.37. The topological polar surface area (TPSA) is 128 Å². The number of nitrogens with two attached hydrogens (primary N) is 1. The number of benzene rings is 1. The Hall–Kier alpha value is -4.08. The van der Waals surface area contributed by atoms with Crippen LogP contribution in [0, 0.1) is 5.41 Å². The molecule has 2 heterocycles. The van der Waals surface area contributed by atoms with E-state index in [0.717, 1.165) is 54.2 Å². The van der Waals surface area contributed by atoms with Crippen molar-refractivity contribution in [2.75, 3.05) is 38.2 Å². The molecule has 0 radical (unpaired) electrons. The van der Waals surface area contributed by atoms with Crippen LogP contribution in [0.4, 0.5) is 5.69 Å². The molecule has 0 aromatic heterocycles. The lowest BCUT2D eigenvalue weighted by molar-refractivity contribution is -0.118. The first-order valence-corrected chi connectivity index (χ1v) is 12.9. The first kappa shape index (κ1) is 25.6. The van der Waals surface area contributed by atoms with Gasteiger partial charge in [-0.25, -0.2) is 4.99 Å². The lowest BCUT2D eigenvalue weighted by atomic mass is 9.94. The molecule has 0 bridgehead atoms. The van der Waals surface area contributed by atoms with Crippen LogP contribution in [0.1, 0.15) is 18.4 Å². The number of amides is 1. The number of ether oxygens (including phenoxy) is 1. The molecule has 2 atom stereocenters. The summed E-state index contributed by atoms with van der Waals surface area (Å²) in [6.07, 6.45) is 16.7. The van der Waals surface area contributed by atoms with Crippen LogP contribution in [-0.4, -0.2) is 73.6 Å². The Morgan fingerprint density at radius 2 is 2.13 bits per heavy atom. The van der Waals surface area contributed by atoms with Crippen molar-refractivity contribution in [1.29, 1.82) is 5.41 Å². The van der Waals surface area contributed by atoms with Gasteiger partial charge in [-0.05, 0) is 30.5 Å². The zero-order valence-corrected chi connectivity index (χ0v) is 21.3. The lowest BCUT2D eigenvalue weighted by Gasteiger charge is -2.28. The molecule has 4 aliphatic rings. The molecule has 2 unspecified atom stereocenters. The highest BCUT2D eigenvalue weighted by atomic mass is 16.5. The standard InChI is InChI=1S/C29H33N7O2/c30-17-22(18-31)20-8-10-23(11-9-20)33-29-25-6-1-2-7-26(25)34-28(35-29)21-4-3-5-24(16-21)32-27(37)19-36-12-14-38-15-13-36/h1-6,8-10,16-18,23,26,30H,7,11-15,19,31H2,(H,32,37)(H,33,34,35)/b22-18+,30-17?. The third-order valence-electron chi connectivity index (χ3n) is 6.87. The largest absolute Gasteiger partial charge is 0.404 e. The molecular formula is C29H33N7O2. The van der Waals surface area contributed by atoms with Crippen LogP contribution in [-0.2, 0) is 9.53 Å². The van der Waals surface area contributed by atoms with E-state index in [1.807, 2.05) is 36.4 Å². The van der Waals surface area contributed by atoms with Gasteiger partial charge in [-0.2, -0.15) is 0 Å². The summed E-state index contributed by atoms with van der Waals surface area (Å²) in [6.45, 7) is 3.19. The summed E-state index contributed by atoms with van der Waals surface area (Å²) in [4.78, 5) is 24.6. The maximum Gasteiger partial charge on any atom is 0.238 e. The highest BCUT2D eigenvalue weighted by molar-refractivity contribution is 6.14. The molecule has 1 amide bonds. The minimum atomic E-state index is -0.0460. The third-order valence-corrected chi connectivity index (χ3v) is 6.87. The minimum Gasteiger partial charge on any atom is -0.404 e. The number of nitrogens with zero attached hydrogens (tertiary/aromatic N) is 3. The van der Waals surface area contributed by atoms with E-state index >= 15 is 0 Å². The molecule has 9 heteroatoms. The minimum absolute atomic E-state index is 0.0158. The second-order valence-electron chi connectivity index (χ2n) is 9.50. The van der Waals surface area contributed by atoms with Gasteiger partial charge in [0.05, 0.1) is 25.8 Å². The van der Waals surface area contributed by atoms with Crippen LogP contribution >= 0.6 is 0 Å². The van der Waals surface area contributed by atoms with E-state index in [-0.39, 0.29) is 18.0 Å². The van der Waals surface area contributed by atoms with Crippen molar-refractivity contribution in [3.63, 3.8) is 0 Å². The Morgan fingerprint density at radius 1 is 1.26 bits per heavy atom. The summed E-state index contributed by atoms with van der Waals surface area (Å²) in [6, 6.07) is 7.74. The number of anilines is 1. The summed E-state index contributed by atoms with van der Waals surface area (Å²) in [5.41, 5.74) is 9.92. The maximum atomic E-state index is 12.6. The highest BCUT2D eigenvalue weighted by Gasteiger charge is 2.27. The number of allylic oxidation sites excluding steroid dienone is 5. The van der Waals surface area contributed by atoms with E-state index in [4.69, 9.17) is 25.9 Å². The summed E-state index contributed by atoms with van der Waals surface area (Å²) in [7, 11) is 0. The first-order valence-electron chi connectivity index (χ1n) is 12.9. The lowest BCUT2D eigenvalue weighted by Crippen LogP contribution is -2.41. The SMILES string of the molecule is N=C/C(=C\N)C1=CCC(NC2=NC(c3cccc(NC(=O)CN4CCOCC4)c3)=NC3CC=CC=C23)C=C1. The average Bonchev–Trinajstić information content (AvgIpc) is 2.95. The summed E-state index contributed by atoms with van der Waals surface area (Å²) in [5.74, 6) is 1.40. The molecule has 5 N–H and O–H groups in total. The van der Waals surface area contributed by atoms with Crippen molar-refractivity contribution in [2.45, 2.75) is 24.9 Å². The quantitative estimate of drug-likeness (QED) is 0.419. The van der Waals surface area contributed by atoms with E-state index in [9.17, 15) is 4.79 Å². The molecule has 1 saturated heterocycles. The molecule has 196 valence electrons. The molecule has 38 heavy (non-hydrogen) atoms. The molecule has 0 spiro atoms. The number of hydrogen-bond donors (Lipinski definition) is 4.